The van der Waals surface area contributed by atoms with Crippen LogP contribution in [-0.4, -0.2) is 33.1 Å². The molecule has 1 fully saturated rings. The normalized spacial score (nSPS) is 14.7. The number of hydrogen-bond acceptors (Lipinski definition) is 6. The largest absolute Gasteiger partial charge is 0.348 e. The van der Waals surface area contributed by atoms with Crippen LogP contribution in [0.1, 0.15) is 44.2 Å². The number of nitrogens with one attached hydrogen (secondary N) is 1. The van der Waals surface area contributed by atoms with Gasteiger partial charge in [-0.05, 0) is 62.3 Å². The summed E-state index contributed by atoms with van der Waals surface area (Å²) in [5, 5.41) is 3.61. The van der Waals surface area contributed by atoms with E-state index in [-0.39, 0.29) is 18.0 Å². The molecule has 9 heteroatoms. The van der Waals surface area contributed by atoms with Crippen LogP contribution in [-0.2, 0) is 17.9 Å². The van der Waals surface area contributed by atoms with Gasteiger partial charge in [-0.2, -0.15) is 0 Å². The van der Waals surface area contributed by atoms with Gasteiger partial charge in [-0.25, -0.2) is 9.78 Å². The molecule has 0 radical (unpaired) electrons. The van der Waals surface area contributed by atoms with E-state index in [0.717, 1.165) is 42.2 Å². The van der Waals surface area contributed by atoms with E-state index >= 15 is 0 Å². The minimum absolute atomic E-state index is 0.202. The van der Waals surface area contributed by atoms with Crippen molar-refractivity contribution >= 4 is 38.4 Å². The van der Waals surface area contributed by atoms with Gasteiger partial charge in [-0.1, -0.05) is 31.3 Å². The zero-order valence-corrected chi connectivity index (χ0v) is 20.5. The van der Waals surface area contributed by atoms with Gasteiger partial charge >= 0.3 is 5.69 Å². The average Bonchev–Trinajstić information content (AvgIpc) is 3.23. The number of fused-ring (bicyclic) bond motifs is 1. The number of piperidine rings is 1. The second kappa shape index (κ2) is 9.51. The first-order valence-electron chi connectivity index (χ1n) is 11.5. The van der Waals surface area contributed by atoms with Gasteiger partial charge in [0.2, 0.25) is 5.91 Å². The van der Waals surface area contributed by atoms with Gasteiger partial charge in [0.15, 0.2) is 10.8 Å². The number of aryl methyl sites for hydroxylation is 2. The first kappa shape index (κ1) is 23.2. The van der Waals surface area contributed by atoms with Gasteiger partial charge in [0.1, 0.15) is 11.2 Å². The van der Waals surface area contributed by atoms with E-state index in [1.54, 1.807) is 0 Å². The van der Waals surface area contributed by atoms with Gasteiger partial charge in [0.05, 0.1) is 0 Å². The molecular weight excluding hydrogens is 438 g/mol. The summed E-state index contributed by atoms with van der Waals surface area (Å²) in [6.45, 7) is 10.0. The highest BCUT2D eigenvalue weighted by molar-refractivity contribution is 7.22. The van der Waals surface area contributed by atoms with E-state index in [1.807, 2.05) is 39.0 Å². The lowest BCUT2D eigenvalue weighted by Gasteiger charge is -2.29. The van der Waals surface area contributed by atoms with Crippen LogP contribution < -0.4 is 21.5 Å². The zero-order chi connectivity index (χ0) is 23.7. The number of aromatic nitrogens is 3. The molecule has 0 bridgehead atoms. The number of nitrogens with zero attached hydrogens (tertiary/aromatic N) is 4. The Morgan fingerprint density at radius 3 is 2.55 bits per heavy atom. The van der Waals surface area contributed by atoms with Crippen LogP contribution in [0, 0.1) is 19.8 Å². The molecule has 2 aromatic heterocycles. The van der Waals surface area contributed by atoms with E-state index < -0.39 is 5.69 Å². The van der Waals surface area contributed by atoms with Crippen LogP contribution in [0.4, 0.5) is 10.8 Å². The molecule has 1 N–H and O–H groups in total. The average molecular weight is 470 g/mol. The summed E-state index contributed by atoms with van der Waals surface area (Å²) in [5.41, 5.74) is 2.37. The number of anilines is 2. The Bertz CT molecular complexity index is 1300. The molecule has 8 nitrogen and oxygen atoms in total. The predicted octanol–water partition coefficient (Wildman–Crippen LogP) is 3.52. The lowest BCUT2D eigenvalue weighted by atomic mass is 10.00. The molecule has 1 amide bonds. The number of hydrogen-bond donors (Lipinski definition) is 1. The fraction of sp³-hybridized carbons (Fsp3) is 0.500. The van der Waals surface area contributed by atoms with Crippen LogP contribution in [0.5, 0.6) is 0 Å². The third-order valence-electron chi connectivity index (χ3n) is 6.35. The Hall–Kier alpha value is -2.94. The van der Waals surface area contributed by atoms with Crippen molar-refractivity contribution in [1.82, 2.24) is 14.1 Å². The molecule has 0 unspecified atom stereocenters. The molecule has 0 atom stereocenters. The zero-order valence-electron chi connectivity index (χ0n) is 19.7. The summed E-state index contributed by atoms with van der Waals surface area (Å²) in [6.07, 6.45) is 2.79. The van der Waals surface area contributed by atoms with Crippen molar-refractivity contribution in [3.05, 3.63) is 50.2 Å². The molecule has 4 rings (SSSR count). The summed E-state index contributed by atoms with van der Waals surface area (Å²) >= 11 is 1.32. The Labute approximate surface area is 196 Å². The van der Waals surface area contributed by atoms with E-state index in [9.17, 15) is 14.4 Å². The Morgan fingerprint density at radius 1 is 1.15 bits per heavy atom. The highest BCUT2D eigenvalue weighted by Gasteiger charge is 2.23. The van der Waals surface area contributed by atoms with Gasteiger partial charge < -0.3 is 10.2 Å². The van der Waals surface area contributed by atoms with Gasteiger partial charge in [-0.15, -0.1) is 0 Å². The van der Waals surface area contributed by atoms with Crippen LogP contribution in [0.2, 0.25) is 0 Å². The lowest BCUT2D eigenvalue weighted by Crippen LogP contribution is -2.41. The quantitative estimate of drug-likeness (QED) is 0.597. The smallest absolute Gasteiger partial charge is 0.333 e. The van der Waals surface area contributed by atoms with E-state index in [1.165, 1.54) is 20.5 Å². The maximum absolute atomic E-state index is 13.2. The highest BCUT2D eigenvalue weighted by Crippen LogP contribution is 2.29. The molecule has 0 spiro atoms. The van der Waals surface area contributed by atoms with Crippen molar-refractivity contribution in [2.24, 2.45) is 5.92 Å². The molecule has 176 valence electrons. The number of thiazole rings is 1. The molecule has 1 aliphatic heterocycles. The monoisotopic (exact) mass is 469 g/mol. The van der Waals surface area contributed by atoms with Crippen molar-refractivity contribution in [1.29, 1.82) is 0 Å². The van der Waals surface area contributed by atoms with Gasteiger partial charge in [-0.3, -0.25) is 18.7 Å². The van der Waals surface area contributed by atoms with Crippen molar-refractivity contribution in [3.63, 3.8) is 0 Å². The van der Waals surface area contributed by atoms with Gasteiger partial charge in [0.25, 0.3) is 5.56 Å². The molecular formula is C24H31N5O3S. The minimum Gasteiger partial charge on any atom is -0.348 e. The molecule has 0 aliphatic carbocycles. The maximum atomic E-state index is 13.2. The van der Waals surface area contributed by atoms with Gasteiger partial charge in [0, 0.05) is 25.3 Å². The molecule has 3 heterocycles. The first-order chi connectivity index (χ1) is 15.8. The van der Waals surface area contributed by atoms with E-state index in [4.69, 9.17) is 0 Å². The molecule has 0 saturated carbocycles. The summed E-state index contributed by atoms with van der Waals surface area (Å²) in [6, 6.07) is 5.69. The number of rotatable bonds is 6. The third kappa shape index (κ3) is 4.73. The van der Waals surface area contributed by atoms with Crippen LogP contribution in [0.3, 0.4) is 0 Å². The topological polar surface area (TPSA) is 89.2 Å². The standard InChI is InChI=1S/C24H31N5O3S/c1-5-10-28-22(31)20-21(26-23(33-20)27-11-8-15(2)9-12-27)29(24(28)32)14-19(30)25-18-7-6-16(3)17(4)13-18/h6-7,13,15H,5,8-12,14H2,1-4H3,(H,25,30). The molecule has 1 aliphatic rings. The number of benzene rings is 1. The minimum atomic E-state index is -0.492. The number of amides is 1. The molecule has 33 heavy (non-hydrogen) atoms. The molecule has 1 aromatic carbocycles. The third-order valence-corrected chi connectivity index (χ3v) is 7.44. The second-order valence-corrected chi connectivity index (χ2v) is 9.97. The Kier molecular flexibility index (Phi) is 6.69. The Balaban J connectivity index is 1.72. The number of carbonyl (C=O) groups is 1. The van der Waals surface area contributed by atoms with Crippen molar-refractivity contribution < 1.29 is 4.79 Å². The van der Waals surface area contributed by atoms with Crippen LogP contribution >= 0.6 is 11.3 Å². The lowest BCUT2D eigenvalue weighted by molar-refractivity contribution is -0.116. The fourth-order valence-electron chi connectivity index (χ4n) is 4.13. The summed E-state index contributed by atoms with van der Waals surface area (Å²) in [7, 11) is 0. The second-order valence-electron chi connectivity index (χ2n) is 8.99. The SMILES string of the molecule is CCCn1c(=O)c2sc(N3CCC(C)CC3)nc2n(CC(=O)Nc2ccc(C)c(C)c2)c1=O. The highest BCUT2D eigenvalue weighted by atomic mass is 32.1. The number of carbonyl (C=O) groups excluding carboxylic acids is 1. The molecule has 3 aromatic rings. The van der Waals surface area contributed by atoms with Crippen molar-refractivity contribution in [2.75, 3.05) is 23.3 Å². The van der Waals surface area contributed by atoms with E-state index in [2.05, 4.69) is 22.1 Å². The predicted molar refractivity (Wildman–Crippen MR) is 134 cm³/mol. The fourth-order valence-corrected chi connectivity index (χ4v) is 5.20. The van der Waals surface area contributed by atoms with Crippen molar-refractivity contribution in [3.8, 4) is 0 Å². The first-order valence-corrected chi connectivity index (χ1v) is 12.4. The summed E-state index contributed by atoms with van der Waals surface area (Å²) < 4.78 is 3.00. The summed E-state index contributed by atoms with van der Waals surface area (Å²) in [5.74, 6) is 0.342. The summed E-state index contributed by atoms with van der Waals surface area (Å²) in [4.78, 5) is 46.0. The van der Waals surface area contributed by atoms with Crippen molar-refractivity contribution in [2.45, 2.75) is 60.0 Å². The van der Waals surface area contributed by atoms with Crippen LogP contribution in [0.15, 0.2) is 27.8 Å². The van der Waals surface area contributed by atoms with Crippen LogP contribution in [0.25, 0.3) is 10.3 Å². The maximum Gasteiger partial charge on any atom is 0.333 e. The molecule has 1 saturated heterocycles. The van der Waals surface area contributed by atoms with E-state index in [0.29, 0.717) is 34.9 Å². The Morgan fingerprint density at radius 2 is 1.88 bits per heavy atom.